The van der Waals surface area contributed by atoms with Crippen LogP contribution in [0.3, 0.4) is 0 Å². The predicted octanol–water partition coefficient (Wildman–Crippen LogP) is -1.29. The number of nitrogens with zero attached hydrogens (tertiary/aromatic N) is 4. The molecule has 1 rings (SSSR count). The molecular weight excluding hydrogens is 111 g/mol. The summed E-state index contributed by atoms with van der Waals surface area (Å²) in [6, 6.07) is 0. The van der Waals surface area contributed by atoms with Gasteiger partial charge in [-0.15, -0.1) is 5.10 Å². The average molecular weight is 116 g/mol. The van der Waals surface area contributed by atoms with Gasteiger partial charge in [-0.25, -0.2) is 4.68 Å². The van der Waals surface area contributed by atoms with E-state index in [-0.39, 0.29) is 0 Å². The molecule has 0 aliphatic rings. The van der Waals surface area contributed by atoms with Gasteiger partial charge in [-0.1, -0.05) is 9.24 Å². The molecular formula is C2H5N4P. The molecule has 1 aromatic rings. The Bertz CT molecular complexity index is 142. The van der Waals surface area contributed by atoms with Crippen molar-refractivity contribution in [3.8, 4) is 0 Å². The third-order valence-corrected chi connectivity index (χ3v) is 1.14. The molecule has 1 atom stereocenters. The lowest BCUT2D eigenvalue weighted by atomic mass is 11.2. The minimum atomic E-state index is 0.750. The molecule has 0 N–H and O–H groups in total. The van der Waals surface area contributed by atoms with Crippen LogP contribution >= 0.6 is 9.24 Å². The normalized spacial score (nSPS) is 9.43. The van der Waals surface area contributed by atoms with Gasteiger partial charge in [0.2, 0.25) is 0 Å². The lowest BCUT2D eigenvalue weighted by Crippen LogP contribution is -2.06. The van der Waals surface area contributed by atoms with Crippen LogP contribution in [0.15, 0.2) is 0 Å². The second-order valence-electron chi connectivity index (χ2n) is 1.16. The van der Waals surface area contributed by atoms with E-state index in [2.05, 4.69) is 24.8 Å². The van der Waals surface area contributed by atoms with Gasteiger partial charge in [0, 0.05) is 7.05 Å². The largest absolute Gasteiger partial charge is 0.229 e. The van der Waals surface area contributed by atoms with Crippen molar-refractivity contribution in [2.24, 2.45) is 7.05 Å². The predicted molar refractivity (Wildman–Crippen MR) is 28.1 cm³/mol. The van der Waals surface area contributed by atoms with Gasteiger partial charge < -0.3 is 0 Å². The van der Waals surface area contributed by atoms with Crippen LogP contribution in [0, 0.1) is 0 Å². The number of tetrazole rings is 1. The summed E-state index contributed by atoms with van der Waals surface area (Å²) < 4.78 is 1.57. The number of hydrogen-bond donors (Lipinski definition) is 0. The molecule has 0 aliphatic heterocycles. The van der Waals surface area contributed by atoms with Crippen LogP contribution in [-0.4, -0.2) is 20.2 Å². The van der Waals surface area contributed by atoms with Crippen LogP contribution in [0.1, 0.15) is 0 Å². The Morgan fingerprint density at radius 1 is 1.71 bits per heavy atom. The van der Waals surface area contributed by atoms with E-state index in [0.29, 0.717) is 0 Å². The maximum atomic E-state index is 3.58. The average Bonchev–Trinajstić information content (AvgIpc) is 1.91. The van der Waals surface area contributed by atoms with Crippen LogP contribution in [0.25, 0.3) is 0 Å². The number of hydrogen-bond acceptors (Lipinski definition) is 3. The molecule has 0 fully saturated rings. The topological polar surface area (TPSA) is 43.6 Å². The Morgan fingerprint density at radius 3 is 2.57 bits per heavy atom. The highest BCUT2D eigenvalue weighted by atomic mass is 31.0. The molecule has 1 heterocycles. The van der Waals surface area contributed by atoms with Gasteiger partial charge in [0.15, 0.2) is 5.57 Å². The molecule has 38 valence electrons. The van der Waals surface area contributed by atoms with E-state index in [1.54, 1.807) is 11.7 Å². The summed E-state index contributed by atoms with van der Waals surface area (Å²) in [5.41, 5.74) is 0.750. The summed E-state index contributed by atoms with van der Waals surface area (Å²) in [4.78, 5) is 0. The Kier molecular flexibility index (Phi) is 1.02. The number of rotatable bonds is 0. The van der Waals surface area contributed by atoms with Gasteiger partial charge >= 0.3 is 0 Å². The van der Waals surface area contributed by atoms with Crippen molar-refractivity contribution in [1.29, 1.82) is 0 Å². The zero-order valence-corrected chi connectivity index (χ0v) is 5.02. The van der Waals surface area contributed by atoms with E-state index in [1.165, 1.54) is 0 Å². The lowest BCUT2D eigenvalue weighted by Gasteiger charge is -1.81. The zero-order valence-electron chi connectivity index (χ0n) is 3.87. The van der Waals surface area contributed by atoms with Crippen molar-refractivity contribution >= 4 is 14.8 Å². The summed E-state index contributed by atoms with van der Waals surface area (Å²) in [5, 5.41) is 10.5. The van der Waals surface area contributed by atoms with Crippen LogP contribution in [-0.2, 0) is 7.05 Å². The smallest absolute Gasteiger partial charge is 0.166 e. The van der Waals surface area contributed by atoms with Gasteiger partial charge in [0.1, 0.15) is 0 Å². The van der Waals surface area contributed by atoms with E-state index in [0.717, 1.165) is 5.57 Å². The molecule has 5 heteroatoms. The highest BCUT2D eigenvalue weighted by Gasteiger charge is 1.87. The van der Waals surface area contributed by atoms with Gasteiger partial charge in [-0.05, 0) is 10.4 Å². The first-order chi connectivity index (χ1) is 3.30. The lowest BCUT2D eigenvalue weighted by molar-refractivity contribution is 0.721. The third kappa shape index (κ3) is 0.747. The summed E-state index contributed by atoms with van der Waals surface area (Å²) >= 11 is 0. The molecule has 0 saturated carbocycles. The Balaban J connectivity index is 3.12. The van der Waals surface area contributed by atoms with Crippen molar-refractivity contribution in [3.05, 3.63) is 0 Å². The first kappa shape index (κ1) is 4.65. The van der Waals surface area contributed by atoms with Crippen LogP contribution < -0.4 is 5.57 Å². The van der Waals surface area contributed by atoms with E-state index >= 15 is 0 Å². The van der Waals surface area contributed by atoms with Crippen molar-refractivity contribution in [2.45, 2.75) is 0 Å². The SMILES string of the molecule is Cn1nnnc1P. The monoisotopic (exact) mass is 116 g/mol. The molecule has 0 spiro atoms. The van der Waals surface area contributed by atoms with Gasteiger partial charge in [-0.3, -0.25) is 0 Å². The van der Waals surface area contributed by atoms with Crippen LogP contribution in [0.4, 0.5) is 0 Å². The first-order valence-corrected chi connectivity index (χ1v) is 2.36. The van der Waals surface area contributed by atoms with Crippen LogP contribution in [0.5, 0.6) is 0 Å². The van der Waals surface area contributed by atoms with E-state index in [4.69, 9.17) is 0 Å². The zero-order chi connectivity index (χ0) is 5.28. The fraction of sp³-hybridized carbons (Fsp3) is 0.500. The van der Waals surface area contributed by atoms with E-state index < -0.39 is 0 Å². The van der Waals surface area contributed by atoms with E-state index in [1.807, 2.05) is 0 Å². The second-order valence-corrected chi connectivity index (χ2v) is 1.68. The van der Waals surface area contributed by atoms with Crippen molar-refractivity contribution in [1.82, 2.24) is 20.2 Å². The molecule has 7 heavy (non-hydrogen) atoms. The molecule has 0 amide bonds. The van der Waals surface area contributed by atoms with Gasteiger partial charge in [0.25, 0.3) is 0 Å². The van der Waals surface area contributed by atoms with E-state index in [9.17, 15) is 0 Å². The maximum absolute atomic E-state index is 3.58. The molecule has 1 unspecified atom stereocenters. The Morgan fingerprint density at radius 2 is 2.43 bits per heavy atom. The van der Waals surface area contributed by atoms with Crippen LogP contribution in [0.2, 0.25) is 0 Å². The third-order valence-electron chi connectivity index (χ3n) is 0.653. The maximum Gasteiger partial charge on any atom is 0.166 e. The van der Waals surface area contributed by atoms with Gasteiger partial charge in [-0.2, -0.15) is 0 Å². The Hall–Kier alpha value is -0.500. The Labute approximate surface area is 43.1 Å². The van der Waals surface area contributed by atoms with Gasteiger partial charge in [0.05, 0.1) is 0 Å². The molecule has 0 bridgehead atoms. The first-order valence-electron chi connectivity index (χ1n) is 1.78. The summed E-state index contributed by atoms with van der Waals surface area (Å²) in [6.45, 7) is 0. The summed E-state index contributed by atoms with van der Waals surface area (Å²) in [7, 11) is 4.18. The highest BCUT2D eigenvalue weighted by Crippen LogP contribution is 1.73. The summed E-state index contributed by atoms with van der Waals surface area (Å²) in [6.07, 6.45) is 0. The van der Waals surface area contributed by atoms with Crippen molar-refractivity contribution in [2.75, 3.05) is 0 Å². The van der Waals surface area contributed by atoms with Crippen molar-refractivity contribution in [3.63, 3.8) is 0 Å². The minimum absolute atomic E-state index is 0.750. The second kappa shape index (κ2) is 1.54. The quantitative estimate of drug-likeness (QED) is 0.396. The summed E-state index contributed by atoms with van der Waals surface area (Å²) in [5.74, 6) is 0. The molecule has 0 saturated heterocycles. The standard InChI is InChI=1S/C2H5N4P/c1-6-2(7)3-4-5-6/h7H2,1H3. The van der Waals surface area contributed by atoms with Crippen molar-refractivity contribution < 1.29 is 0 Å². The number of aryl methyl sites for hydroxylation is 1. The number of aromatic nitrogens is 4. The fourth-order valence-corrected chi connectivity index (χ4v) is 0.340. The molecule has 0 aliphatic carbocycles. The molecule has 4 nitrogen and oxygen atoms in total. The minimum Gasteiger partial charge on any atom is -0.229 e. The fourth-order valence-electron chi connectivity index (χ4n) is 0.236. The molecule has 0 aromatic carbocycles. The molecule has 1 aromatic heterocycles. The molecule has 0 radical (unpaired) electrons. The highest BCUT2D eigenvalue weighted by molar-refractivity contribution is 7.26.